The maximum atomic E-state index is 6.05. The number of hydrogen-bond donors (Lipinski definition) is 0. The highest BCUT2D eigenvalue weighted by atomic mass is 16.6. The van der Waals surface area contributed by atoms with Gasteiger partial charge in [-0.1, -0.05) is 20.8 Å². The van der Waals surface area contributed by atoms with Crippen molar-refractivity contribution >= 4 is 0 Å². The summed E-state index contributed by atoms with van der Waals surface area (Å²) >= 11 is 0. The molecule has 5 rings (SSSR count). The predicted molar refractivity (Wildman–Crippen MR) is 64.0 cm³/mol. The lowest BCUT2D eigenvalue weighted by molar-refractivity contribution is -0.227. The lowest BCUT2D eigenvalue weighted by Gasteiger charge is -2.71. The van der Waals surface area contributed by atoms with Gasteiger partial charge in [-0.2, -0.15) is 0 Å². The van der Waals surface area contributed by atoms with E-state index < -0.39 is 0 Å². The van der Waals surface area contributed by atoms with Crippen molar-refractivity contribution in [1.29, 1.82) is 0 Å². The Morgan fingerprint density at radius 2 is 2.00 bits per heavy atom. The van der Waals surface area contributed by atoms with Gasteiger partial charge in [-0.05, 0) is 61.2 Å². The van der Waals surface area contributed by atoms with Gasteiger partial charge < -0.3 is 4.74 Å². The molecule has 4 saturated carbocycles. The summed E-state index contributed by atoms with van der Waals surface area (Å²) in [6.45, 7) is 9.80. The summed E-state index contributed by atoms with van der Waals surface area (Å²) in [5, 5.41) is 0. The molecule has 0 aromatic rings. The van der Waals surface area contributed by atoms with Crippen molar-refractivity contribution in [1.82, 2.24) is 0 Å². The summed E-state index contributed by atoms with van der Waals surface area (Å²) < 4.78 is 6.05. The fourth-order valence-corrected chi connectivity index (χ4v) is 6.08. The highest BCUT2D eigenvalue weighted by Crippen LogP contribution is 2.78. The monoisotopic (exact) mass is 220 g/mol. The number of rotatable bonds is 1. The molecule has 1 aliphatic heterocycles. The summed E-state index contributed by atoms with van der Waals surface area (Å²) in [6.07, 6.45) is 4.95. The largest absolute Gasteiger partial charge is 0.366 e. The van der Waals surface area contributed by atoms with Crippen molar-refractivity contribution in [3.8, 4) is 0 Å². The quantitative estimate of drug-likeness (QED) is 0.616. The standard InChI is InChI=1S/C15H24O/c1-8(2)9-5-6-14(3)10-7-11-15(4,16-11)13(14)12(9)10/h8-13H,5-7H2,1-4H3/t9-,10-,11?,12-,13+,14+,15-/m1/s1. The van der Waals surface area contributed by atoms with Gasteiger partial charge in [0.2, 0.25) is 0 Å². The molecule has 0 amide bonds. The predicted octanol–water partition coefficient (Wildman–Crippen LogP) is 3.48. The summed E-state index contributed by atoms with van der Waals surface area (Å²) in [5.41, 5.74) is 0.944. The van der Waals surface area contributed by atoms with E-state index >= 15 is 0 Å². The minimum atomic E-state index is 0.293. The van der Waals surface area contributed by atoms with Gasteiger partial charge in [0.25, 0.3) is 0 Å². The van der Waals surface area contributed by atoms with Gasteiger partial charge in [-0.25, -0.2) is 0 Å². The maximum absolute atomic E-state index is 6.05. The van der Waals surface area contributed by atoms with Crippen LogP contribution in [0.4, 0.5) is 0 Å². The molecule has 1 saturated heterocycles. The molecule has 0 aromatic heterocycles. The van der Waals surface area contributed by atoms with Crippen LogP contribution >= 0.6 is 0 Å². The van der Waals surface area contributed by atoms with Crippen LogP contribution in [0, 0.1) is 35.0 Å². The Balaban J connectivity index is 1.73. The van der Waals surface area contributed by atoms with E-state index in [1.165, 1.54) is 19.3 Å². The second-order valence-electron chi connectivity index (χ2n) is 7.64. The molecular weight excluding hydrogens is 196 g/mol. The third-order valence-electron chi connectivity index (χ3n) is 6.84. The molecule has 0 radical (unpaired) electrons. The zero-order valence-electron chi connectivity index (χ0n) is 11.0. The first-order valence-corrected chi connectivity index (χ1v) is 7.16. The van der Waals surface area contributed by atoms with Crippen LogP contribution in [0.15, 0.2) is 0 Å². The van der Waals surface area contributed by atoms with E-state index in [-0.39, 0.29) is 0 Å². The van der Waals surface area contributed by atoms with Crippen LogP contribution in [0.25, 0.3) is 0 Å². The van der Waals surface area contributed by atoms with Crippen LogP contribution in [0.5, 0.6) is 0 Å². The van der Waals surface area contributed by atoms with Crippen molar-refractivity contribution < 1.29 is 4.74 Å². The first-order valence-electron chi connectivity index (χ1n) is 7.16. The fraction of sp³-hybridized carbons (Fsp3) is 1.00. The third kappa shape index (κ3) is 0.836. The molecular formula is C15H24O. The fourth-order valence-electron chi connectivity index (χ4n) is 6.08. The molecule has 5 aliphatic rings. The molecule has 4 aliphatic carbocycles. The van der Waals surface area contributed by atoms with Crippen LogP contribution in [0.2, 0.25) is 0 Å². The number of ether oxygens (including phenoxy) is 1. The van der Waals surface area contributed by atoms with Gasteiger partial charge in [-0.15, -0.1) is 0 Å². The Labute approximate surface area is 98.9 Å². The van der Waals surface area contributed by atoms with E-state index in [1.807, 2.05) is 0 Å². The van der Waals surface area contributed by atoms with E-state index in [9.17, 15) is 0 Å². The van der Waals surface area contributed by atoms with Gasteiger partial charge in [0, 0.05) is 0 Å². The average molecular weight is 220 g/mol. The minimum Gasteiger partial charge on any atom is -0.366 e. The maximum Gasteiger partial charge on any atom is 0.0956 e. The summed E-state index contributed by atoms with van der Waals surface area (Å²) in [4.78, 5) is 0. The van der Waals surface area contributed by atoms with Crippen LogP contribution in [-0.2, 0) is 4.74 Å². The molecule has 1 heterocycles. The Morgan fingerprint density at radius 1 is 1.25 bits per heavy atom. The van der Waals surface area contributed by atoms with E-state index in [0.717, 1.165) is 29.6 Å². The van der Waals surface area contributed by atoms with Crippen LogP contribution in [0.3, 0.4) is 0 Å². The summed E-state index contributed by atoms with van der Waals surface area (Å²) in [6, 6.07) is 0. The Hall–Kier alpha value is -0.0400. The topological polar surface area (TPSA) is 12.5 Å². The van der Waals surface area contributed by atoms with Crippen molar-refractivity contribution in [3.05, 3.63) is 0 Å². The molecule has 5 fully saturated rings. The smallest absolute Gasteiger partial charge is 0.0956 e. The second kappa shape index (κ2) is 2.53. The molecule has 16 heavy (non-hydrogen) atoms. The van der Waals surface area contributed by atoms with E-state index in [1.54, 1.807) is 0 Å². The minimum absolute atomic E-state index is 0.293. The van der Waals surface area contributed by atoms with Gasteiger partial charge >= 0.3 is 0 Å². The van der Waals surface area contributed by atoms with Crippen molar-refractivity contribution in [3.63, 3.8) is 0 Å². The molecule has 1 unspecified atom stereocenters. The average Bonchev–Trinajstić information content (AvgIpc) is 2.89. The van der Waals surface area contributed by atoms with Crippen molar-refractivity contribution in [2.45, 2.75) is 58.7 Å². The highest BCUT2D eigenvalue weighted by molar-refractivity contribution is 5.27. The molecule has 0 aromatic carbocycles. The molecule has 0 N–H and O–H groups in total. The van der Waals surface area contributed by atoms with E-state index in [4.69, 9.17) is 4.74 Å². The van der Waals surface area contributed by atoms with E-state index in [2.05, 4.69) is 27.7 Å². The summed E-state index contributed by atoms with van der Waals surface area (Å²) in [7, 11) is 0. The van der Waals surface area contributed by atoms with E-state index in [0.29, 0.717) is 17.1 Å². The molecule has 0 spiro atoms. The van der Waals surface area contributed by atoms with Crippen LogP contribution in [0.1, 0.15) is 47.0 Å². The van der Waals surface area contributed by atoms with Gasteiger partial charge in [-0.3, -0.25) is 0 Å². The van der Waals surface area contributed by atoms with Crippen LogP contribution in [-0.4, -0.2) is 11.7 Å². The third-order valence-corrected chi connectivity index (χ3v) is 6.84. The van der Waals surface area contributed by atoms with Crippen LogP contribution < -0.4 is 0 Å². The Kier molecular flexibility index (Phi) is 1.57. The number of hydrogen-bond acceptors (Lipinski definition) is 1. The highest BCUT2D eigenvalue weighted by Gasteiger charge is 2.79. The molecule has 90 valence electrons. The van der Waals surface area contributed by atoms with Gasteiger partial charge in [0.15, 0.2) is 0 Å². The lowest BCUT2D eigenvalue weighted by Crippen LogP contribution is -2.69. The lowest BCUT2D eigenvalue weighted by atomic mass is 9.32. The van der Waals surface area contributed by atoms with Gasteiger partial charge in [0.1, 0.15) is 0 Å². The first kappa shape index (κ1) is 9.94. The molecule has 1 nitrogen and oxygen atoms in total. The van der Waals surface area contributed by atoms with Crippen molar-refractivity contribution in [2.24, 2.45) is 35.0 Å². The molecule has 1 heteroatoms. The number of epoxide rings is 1. The normalized spacial score (nSPS) is 66.2. The number of fused-ring (bicyclic) bond motifs is 3. The Morgan fingerprint density at radius 3 is 2.62 bits per heavy atom. The second-order valence-corrected chi connectivity index (χ2v) is 7.64. The summed E-state index contributed by atoms with van der Waals surface area (Å²) in [5.74, 6) is 4.75. The van der Waals surface area contributed by atoms with Gasteiger partial charge in [0.05, 0.1) is 11.7 Å². The zero-order valence-corrected chi connectivity index (χ0v) is 11.0. The molecule has 7 atom stereocenters. The SMILES string of the molecule is CC(C)[C@H]1CC[C@@]2(C)[C@@H]3CC4O[C@@]4(C)[C@H]2[C@H]13. The Bertz CT molecular complexity index is 349. The first-order chi connectivity index (χ1) is 7.48. The van der Waals surface area contributed by atoms with Crippen molar-refractivity contribution in [2.75, 3.05) is 0 Å². The zero-order chi connectivity index (χ0) is 11.3. The molecule has 4 bridgehead atoms.